The molecule has 102 valence electrons. The highest BCUT2D eigenvalue weighted by Crippen LogP contribution is 2.65. The number of alkyl halides is 2. The lowest BCUT2D eigenvalue weighted by Crippen LogP contribution is -2.46. The molecule has 2 nitrogen and oxygen atoms in total. The first kappa shape index (κ1) is 12.0. The number of halogens is 2. The molecule has 2 bridgehead atoms. The molecule has 0 amide bonds. The van der Waals surface area contributed by atoms with E-state index in [-0.39, 0.29) is 5.79 Å². The van der Waals surface area contributed by atoms with Crippen LogP contribution in [0.5, 0.6) is 0 Å². The maximum atomic E-state index is 6.09. The minimum absolute atomic E-state index is 0.306. The fraction of sp³-hybridized carbons (Fsp3) is 0.733. The number of rotatable bonds is 0. The highest BCUT2D eigenvalue weighted by atomic mass is 79.9. The Hall–Kier alpha value is 0.360. The molecule has 0 aromatic heterocycles. The average Bonchev–Trinajstić information content (AvgIpc) is 3.13. The van der Waals surface area contributed by atoms with Crippen LogP contribution in [0.25, 0.3) is 0 Å². The highest BCUT2D eigenvalue weighted by molar-refractivity contribution is 9.12. The van der Waals surface area contributed by atoms with Gasteiger partial charge in [0.05, 0.1) is 13.2 Å². The lowest BCUT2D eigenvalue weighted by atomic mass is 9.63. The van der Waals surface area contributed by atoms with E-state index < -0.39 is 0 Å². The molecule has 0 aromatic carbocycles. The Morgan fingerprint density at radius 2 is 1.84 bits per heavy atom. The molecule has 0 unspecified atom stereocenters. The number of hydrogen-bond acceptors (Lipinski definition) is 2. The van der Waals surface area contributed by atoms with Gasteiger partial charge >= 0.3 is 0 Å². The maximum absolute atomic E-state index is 6.09. The molecule has 0 radical (unpaired) electrons. The first-order valence-electron chi connectivity index (χ1n) is 7.18. The van der Waals surface area contributed by atoms with E-state index >= 15 is 0 Å². The summed E-state index contributed by atoms with van der Waals surface area (Å²) in [6, 6.07) is 0. The van der Waals surface area contributed by atoms with Crippen molar-refractivity contribution >= 4 is 31.9 Å². The second-order valence-electron chi connectivity index (χ2n) is 6.45. The molecule has 2 saturated carbocycles. The molecule has 5 aliphatic rings. The van der Waals surface area contributed by atoms with E-state index in [2.05, 4.69) is 50.1 Å². The highest BCUT2D eigenvalue weighted by Gasteiger charge is 2.66. The van der Waals surface area contributed by atoms with E-state index in [9.17, 15) is 0 Å². The number of fused-ring (bicyclic) bond motifs is 4. The first-order valence-corrected chi connectivity index (χ1v) is 9.01. The van der Waals surface area contributed by atoms with Crippen LogP contribution in [-0.2, 0) is 9.47 Å². The molecule has 1 aliphatic heterocycles. The smallest absolute Gasteiger partial charge is 0.181 e. The summed E-state index contributed by atoms with van der Waals surface area (Å²) >= 11 is 7.62. The molecule has 5 rings (SSSR count). The molecule has 1 heterocycles. The minimum Gasteiger partial charge on any atom is -0.346 e. The fourth-order valence-corrected chi connectivity index (χ4v) is 6.77. The van der Waals surface area contributed by atoms with Crippen LogP contribution in [0.4, 0.5) is 0 Å². The largest absolute Gasteiger partial charge is 0.346 e. The average molecular weight is 388 g/mol. The van der Waals surface area contributed by atoms with Crippen LogP contribution >= 0.6 is 31.9 Å². The van der Waals surface area contributed by atoms with Crippen LogP contribution in [0.2, 0.25) is 0 Å². The molecule has 4 aliphatic carbocycles. The third kappa shape index (κ3) is 1.26. The lowest BCUT2D eigenvalue weighted by Gasteiger charge is -2.48. The Morgan fingerprint density at radius 3 is 2.63 bits per heavy atom. The van der Waals surface area contributed by atoms with Crippen molar-refractivity contribution in [2.45, 2.75) is 21.9 Å². The van der Waals surface area contributed by atoms with Gasteiger partial charge in [0.25, 0.3) is 0 Å². The van der Waals surface area contributed by atoms with Crippen LogP contribution < -0.4 is 0 Å². The number of hydrogen-bond donors (Lipinski definition) is 0. The van der Waals surface area contributed by atoms with Crippen molar-refractivity contribution in [3.8, 4) is 0 Å². The van der Waals surface area contributed by atoms with Gasteiger partial charge in [-0.05, 0) is 24.2 Å². The Kier molecular flexibility index (Phi) is 2.37. The molecule has 1 spiro atoms. The molecule has 7 atom stereocenters. The zero-order valence-corrected chi connectivity index (χ0v) is 13.6. The number of allylic oxidation sites excluding steroid dienone is 2. The van der Waals surface area contributed by atoms with E-state index in [1.807, 2.05) is 0 Å². The second kappa shape index (κ2) is 3.76. The van der Waals surface area contributed by atoms with Crippen molar-refractivity contribution in [1.82, 2.24) is 0 Å². The van der Waals surface area contributed by atoms with Gasteiger partial charge in [-0.15, -0.1) is 0 Å². The number of ether oxygens (including phenoxy) is 2. The van der Waals surface area contributed by atoms with Gasteiger partial charge in [-0.3, -0.25) is 0 Å². The monoisotopic (exact) mass is 386 g/mol. The molecule has 4 heteroatoms. The first-order chi connectivity index (χ1) is 9.22. The van der Waals surface area contributed by atoms with Gasteiger partial charge in [-0.25, -0.2) is 0 Å². The van der Waals surface area contributed by atoms with Crippen molar-refractivity contribution in [3.05, 3.63) is 23.8 Å². The third-order valence-corrected chi connectivity index (χ3v) is 8.86. The molecule has 19 heavy (non-hydrogen) atoms. The maximum Gasteiger partial charge on any atom is 0.181 e. The lowest BCUT2D eigenvalue weighted by molar-refractivity contribution is -0.187. The summed E-state index contributed by atoms with van der Waals surface area (Å²) in [5.74, 6) is 2.65. The van der Waals surface area contributed by atoms with Crippen molar-refractivity contribution in [1.29, 1.82) is 0 Å². The van der Waals surface area contributed by atoms with Crippen molar-refractivity contribution in [2.75, 3.05) is 13.2 Å². The van der Waals surface area contributed by atoms with E-state index in [0.29, 0.717) is 33.3 Å². The normalized spacial score (nSPS) is 55.9. The molecular weight excluding hydrogens is 372 g/mol. The predicted octanol–water partition coefficient (Wildman–Crippen LogP) is 3.26. The second-order valence-corrected chi connectivity index (χ2v) is 8.49. The molecule has 1 saturated heterocycles. The zero-order valence-electron chi connectivity index (χ0n) is 10.5. The van der Waals surface area contributed by atoms with Crippen LogP contribution in [0.1, 0.15) is 6.42 Å². The van der Waals surface area contributed by atoms with Crippen molar-refractivity contribution in [2.24, 2.45) is 29.6 Å². The van der Waals surface area contributed by atoms with E-state index in [1.54, 1.807) is 5.57 Å². The van der Waals surface area contributed by atoms with Crippen LogP contribution in [-0.4, -0.2) is 28.7 Å². The fourth-order valence-electron chi connectivity index (χ4n) is 5.09. The van der Waals surface area contributed by atoms with Gasteiger partial charge in [0.1, 0.15) is 0 Å². The van der Waals surface area contributed by atoms with E-state index in [4.69, 9.17) is 9.47 Å². The third-order valence-electron chi connectivity index (χ3n) is 5.89. The van der Waals surface area contributed by atoms with E-state index in [0.717, 1.165) is 19.1 Å². The molecule has 3 fully saturated rings. The minimum atomic E-state index is -0.306. The molecule has 0 aromatic rings. The predicted molar refractivity (Wildman–Crippen MR) is 79.4 cm³/mol. The van der Waals surface area contributed by atoms with Crippen molar-refractivity contribution < 1.29 is 9.47 Å². The van der Waals surface area contributed by atoms with Gasteiger partial charge in [0.15, 0.2) is 5.79 Å². The summed E-state index contributed by atoms with van der Waals surface area (Å²) in [4.78, 5) is 1.13. The quantitative estimate of drug-likeness (QED) is 0.469. The SMILES string of the molecule is Br[C@H]1[C@H](Br)C2=C[C@@H]3[C@H](C[C@H]21)[C@H]1C=C[C@H]3C12OCCO2. The Morgan fingerprint density at radius 1 is 1.11 bits per heavy atom. The van der Waals surface area contributed by atoms with Gasteiger partial charge < -0.3 is 9.47 Å². The zero-order chi connectivity index (χ0) is 12.8. The summed E-state index contributed by atoms with van der Waals surface area (Å²) < 4.78 is 12.2. The summed E-state index contributed by atoms with van der Waals surface area (Å²) in [5, 5.41) is 0. The summed E-state index contributed by atoms with van der Waals surface area (Å²) in [7, 11) is 0. The van der Waals surface area contributed by atoms with Gasteiger partial charge in [0.2, 0.25) is 0 Å². The van der Waals surface area contributed by atoms with Gasteiger partial charge in [0, 0.05) is 21.5 Å². The standard InChI is InChI=1S/C15H16Br2O2/c16-13-9-5-7-8(6-10(9)14(13)17)12-2-1-11(7)15(12)18-3-4-19-15/h1-2,5,7-8,10-14H,3-4,6H2/t7-,8+,10-,11-,12-,13-,14-/m1/s1. The van der Waals surface area contributed by atoms with E-state index in [1.165, 1.54) is 6.42 Å². The summed E-state index contributed by atoms with van der Waals surface area (Å²) in [6.45, 7) is 1.52. The van der Waals surface area contributed by atoms with Crippen LogP contribution in [0.3, 0.4) is 0 Å². The topological polar surface area (TPSA) is 18.5 Å². The van der Waals surface area contributed by atoms with Crippen molar-refractivity contribution in [3.63, 3.8) is 0 Å². The summed E-state index contributed by atoms with van der Waals surface area (Å²) in [6.07, 6.45) is 8.54. The van der Waals surface area contributed by atoms with Crippen LogP contribution in [0.15, 0.2) is 23.8 Å². The van der Waals surface area contributed by atoms with Gasteiger partial charge in [-0.2, -0.15) is 0 Å². The summed E-state index contributed by atoms with van der Waals surface area (Å²) in [5.41, 5.74) is 1.61. The Labute approximate surface area is 129 Å². The Bertz CT molecular complexity index is 494. The van der Waals surface area contributed by atoms with Gasteiger partial charge in [-0.1, -0.05) is 55.7 Å². The molecular formula is C15H16Br2O2. The Balaban J connectivity index is 1.56. The van der Waals surface area contributed by atoms with Crippen LogP contribution in [0, 0.1) is 29.6 Å². The molecule has 0 N–H and O–H groups in total.